The molecular weight excluding hydrogens is 94.0 g/mol. The Labute approximate surface area is 43.3 Å². The molecule has 1 radical (unpaired) electrons. The summed E-state index contributed by atoms with van der Waals surface area (Å²) >= 11 is 0. The van der Waals surface area contributed by atoms with E-state index >= 15 is 0 Å². The van der Waals surface area contributed by atoms with Gasteiger partial charge in [0.25, 0.3) is 0 Å². The first-order valence-electron chi connectivity index (χ1n) is 2.18. The van der Waals surface area contributed by atoms with Gasteiger partial charge in [-0.2, -0.15) is 0 Å². The van der Waals surface area contributed by atoms with Crippen molar-refractivity contribution in [2.24, 2.45) is 5.73 Å². The molecule has 0 aliphatic heterocycles. The highest BCUT2D eigenvalue weighted by Gasteiger charge is 1.78. The average Bonchev–Trinajstić information content (AvgIpc) is 1.69. The Morgan fingerprint density at radius 3 is 2.86 bits per heavy atom. The molecule has 0 fully saturated rings. The number of hydrogen-bond donors (Lipinski definition) is 1. The van der Waals surface area contributed by atoms with Crippen LogP contribution in [-0.2, 0) is 9.78 Å². The van der Waals surface area contributed by atoms with Crippen LogP contribution in [0.4, 0.5) is 0 Å². The Bertz CT molecular complexity index is 28.9. The summed E-state index contributed by atoms with van der Waals surface area (Å²) in [6.07, 6.45) is 0. The van der Waals surface area contributed by atoms with Gasteiger partial charge in [-0.25, -0.2) is 9.78 Å². The fourth-order valence-corrected chi connectivity index (χ4v) is 0.164. The van der Waals surface area contributed by atoms with Crippen LogP contribution in [0.1, 0.15) is 6.92 Å². The molecule has 0 rings (SSSR count). The molecule has 0 aromatic heterocycles. The van der Waals surface area contributed by atoms with E-state index in [9.17, 15) is 0 Å². The van der Waals surface area contributed by atoms with Crippen molar-refractivity contribution >= 4 is 0 Å². The molecule has 0 unspecified atom stereocenters. The lowest BCUT2D eigenvalue weighted by Crippen LogP contribution is -2.07. The van der Waals surface area contributed by atoms with E-state index in [2.05, 4.69) is 9.78 Å². The lowest BCUT2D eigenvalue weighted by molar-refractivity contribution is -0.264. The highest BCUT2D eigenvalue weighted by molar-refractivity contribution is 4.26. The molecule has 0 saturated heterocycles. The molecule has 3 nitrogen and oxygen atoms in total. The van der Waals surface area contributed by atoms with E-state index in [0.717, 1.165) is 0 Å². The van der Waals surface area contributed by atoms with Gasteiger partial charge in [0.15, 0.2) is 0 Å². The summed E-state index contributed by atoms with van der Waals surface area (Å²) in [5.74, 6) is 0. The summed E-state index contributed by atoms with van der Waals surface area (Å²) in [4.78, 5) is 8.82. The molecule has 0 aromatic rings. The zero-order valence-corrected chi connectivity index (χ0v) is 4.39. The predicted octanol–water partition coefficient (Wildman–Crippen LogP) is 0.0750. The summed E-state index contributed by atoms with van der Waals surface area (Å²) in [6.45, 7) is 4.13. The van der Waals surface area contributed by atoms with Gasteiger partial charge in [0.1, 0.15) is 6.61 Å². The second-order valence-corrected chi connectivity index (χ2v) is 0.943. The lowest BCUT2D eigenvalue weighted by Gasteiger charge is -1.94. The van der Waals surface area contributed by atoms with E-state index in [0.29, 0.717) is 13.2 Å². The van der Waals surface area contributed by atoms with Crippen molar-refractivity contribution in [2.75, 3.05) is 13.2 Å². The third-order valence-electron chi connectivity index (χ3n) is 0.365. The van der Waals surface area contributed by atoms with Gasteiger partial charge in [0.05, 0.1) is 6.61 Å². The molecule has 0 heterocycles. The van der Waals surface area contributed by atoms with Crippen LogP contribution in [0.15, 0.2) is 0 Å². The minimum Gasteiger partial charge on any atom is -0.328 e. The van der Waals surface area contributed by atoms with Gasteiger partial charge in [-0.3, -0.25) is 0 Å². The summed E-state index contributed by atoms with van der Waals surface area (Å²) in [5, 5.41) is 0. The van der Waals surface area contributed by atoms with Crippen molar-refractivity contribution in [3.05, 3.63) is 6.61 Å². The van der Waals surface area contributed by atoms with Crippen LogP contribution in [0.25, 0.3) is 0 Å². The smallest absolute Gasteiger partial charge is 0.119 e. The van der Waals surface area contributed by atoms with Gasteiger partial charge in [-0.05, 0) is 6.92 Å². The summed E-state index contributed by atoms with van der Waals surface area (Å²) < 4.78 is 0. The van der Waals surface area contributed by atoms with Gasteiger partial charge in [0, 0.05) is 6.54 Å². The zero-order chi connectivity index (χ0) is 5.54. The van der Waals surface area contributed by atoms with Crippen molar-refractivity contribution in [1.82, 2.24) is 0 Å². The lowest BCUT2D eigenvalue weighted by atomic mass is 10.8. The molecule has 0 aliphatic carbocycles. The number of hydrogen-bond acceptors (Lipinski definition) is 3. The molecule has 43 valence electrons. The Morgan fingerprint density at radius 2 is 2.43 bits per heavy atom. The van der Waals surface area contributed by atoms with Gasteiger partial charge in [0.2, 0.25) is 0 Å². The first-order chi connectivity index (χ1) is 3.41. The minimum atomic E-state index is 0.449. The maximum absolute atomic E-state index is 5.05. The largest absolute Gasteiger partial charge is 0.328 e. The van der Waals surface area contributed by atoms with Crippen LogP contribution in [0.2, 0.25) is 0 Å². The SMILES string of the molecule is C[CH]OOCCN. The van der Waals surface area contributed by atoms with E-state index in [1.165, 1.54) is 6.61 Å². The van der Waals surface area contributed by atoms with E-state index in [-0.39, 0.29) is 0 Å². The molecule has 0 bridgehead atoms. The standard InChI is InChI=1S/C4H10NO2/c1-2-6-7-4-3-5/h2H,3-5H2,1H3. The second-order valence-electron chi connectivity index (χ2n) is 0.943. The Balaban J connectivity index is 2.45. The third kappa shape index (κ3) is 5.88. The predicted molar refractivity (Wildman–Crippen MR) is 26.1 cm³/mol. The maximum Gasteiger partial charge on any atom is 0.119 e. The quantitative estimate of drug-likeness (QED) is 0.312. The molecule has 0 atom stereocenters. The summed E-state index contributed by atoms with van der Waals surface area (Å²) in [5.41, 5.74) is 5.05. The average molecular weight is 104 g/mol. The van der Waals surface area contributed by atoms with Crippen LogP contribution >= 0.6 is 0 Å². The van der Waals surface area contributed by atoms with E-state index in [1.54, 1.807) is 6.92 Å². The van der Waals surface area contributed by atoms with E-state index in [1.807, 2.05) is 0 Å². The molecule has 0 amide bonds. The van der Waals surface area contributed by atoms with Crippen LogP contribution in [0.3, 0.4) is 0 Å². The maximum atomic E-state index is 5.05. The van der Waals surface area contributed by atoms with Crippen molar-refractivity contribution in [3.63, 3.8) is 0 Å². The minimum absolute atomic E-state index is 0.449. The normalized spacial score (nSPS) is 9.43. The first-order valence-corrected chi connectivity index (χ1v) is 2.18. The summed E-state index contributed by atoms with van der Waals surface area (Å²) in [7, 11) is 0. The van der Waals surface area contributed by atoms with Gasteiger partial charge < -0.3 is 5.73 Å². The first kappa shape index (κ1) is 6.88. The fraction of sp³-hybridized carbons (Fsp3) is 0.750. The Morgan fingerprint density at radius 1 is 1.71 bits per heavy atom. The monoisotopic (exact) mass is 104 g/mol. The van der Waals surface area contributed by atoms with Crippen LogP contribution < -0.4 is 5.73 Å². The van der Waals surface area contributed by atoms with Crippen LogP contribution in [0.5, 0.6) is 0 Å². The highest BCUT2D eigenvalue weighted by atomic mass is 17.2. The summed E-state index contributed by atoms with van der Waals surface area (Å²) in [6, 6.07) is 0. The Hall–Kier alpha value is -0.120. The molecule has 0 aromatic carbocycles. The molecule has 3 heteroatoms. The van der Waals surface area contributed by atoms with Crippen molar-refractivity contribution in [3.8, 4) is 0 Å². The van der Waals surface area contributed by atoms with Crippen molar-refractivity contribution < 1.29 is 9.78 Å². The molecule has 0 aliphatic rings. The van der Waals surface area contributed by atoms with Crippen molar-refractivity contribution in [1.29, 1.82) is 0 Å². The van der Waals surface area contributed by atoms with Crippen LogP contribution in [-0.4, -0.2) is 13.2 Å². The van der Waals surface area contributed by atoms with Gasteiger partial charge in [-0.1, -0.05) is 0 Å². The Kier molecular flexibility index (Phi) is 5.78. The number of rotatable bonds is 4. The van der Waals surface area contributed by atoms with E-state index < -0.39 is 0 Å². The topological polar surface area (TPSA) is 44.5 Å². The third-order valence-corrected chi connectivity index (χ3v) is 0.365. The van der Waals surface area contributed by atoms with Crippen LogP contribution in [0, 0.1) is 6.61 Å². The molecule has 2 N–H and O–H groups in total. The second kappa shape index (κ2) is 5.88. The fourth-order valence-electron chi connectivity index (χ4n) is 0.164. The number of nitrogens with two attached hydrogens (primary N) is 1. The highest BCUT2D eigenvalue weighted by Crippen LogP contribution is 1.77. The van der Waals surface area contributed by atoms with Gasteiger partial charge >= 0.3 is 0 Å². The molecular formula is C4H10NO2. The van der Waals surface area contributed by atoms with Crippen molar-refractivity contribution in [2.45, 2.75) is 6.92 Å². The zero-order valence-electron chi connectivity index (χ0n) is 4.39. The molecule has 0 saturated carbocycles. The molecule has 7 heavy (non-hydrogen) atoms. The molecule has 0 spiro atoms. The van der Waals surface area contributed by atoms with E-state index in [4.69, 9.17) is 5.73 Å². The van der Waals surface area contributed by atoms with Gasteiger partial charge in [-0.15, -0.1) is 0 Å².